The van der Waals surface area contributed by atoms with Gasteiger partial charge < -0.3 is 24.2 Å². The Kier molecular flexibility index (Phi) is 9.16. The number of aromatic nitrogens is 2. The first-order chi connectivity index (χ1) is 16.9. The average molecular weight is 563 g/mol. The highest BCUT2D eigenvalue weighted by Crippen LogP contribution is 2.51. The maximum atomic E-state index is 13.7. The van der Waals surface area contributed by atoms with E-state index in [4.69, 9.17) is 42.3 Å². The zero-order chi connectivity index (χ0) is 26.7. The second-order valence-corrected chi connectivity index (χ2v) is 11.4. The number of halogens is 1. The first-order valence-electron chi connectivity index (χ1n) is 11.1. The summed E-state index contributed by atoms with van der Waals surface area (Å²) < 4.78 is 37.1. The summed E-state index contributed by atoms with van der Waals surface area (Å²) in [6.07, 6.45) is -2.81. The number of esters is 1. The van der Waals surface area contributed by atoms with Gasteiger partial charge in [0.15, 0.2) is 11.0 Å². The zero-order valence-corrected chi connectivity index (χ0v) is 22.3. The maximum absolute atomic E-state index is 13.7. The number of benzene rings is 1. The molecule has 0 radical (unpaired) electrons. The fourth-order valence-corrected chi connectivity index (χ4v) is 5.90. The van der Waals surface area contributed by atoms with Gasteiger partial charge in [-0.1, -0.05) is 18.5 Å². The molecule has 2 aromatic rings. The summed E-state index contributed by atoms with van der Waals surface area (Å²) in [5, 5.41) is 22.1. The third kappa shape index (κ3) is 6.63. The number of aliphatic hydroxyl groups is 2. The van der Waals surface area contributed by atoms with Gasteiger partial charge in [-0.2, -0.15) is 0 Å². The lowest BCUT2D eigenvalue weighted by Gasteiger charge is -2.28. The van der Waals surface area contributed by atoms with Crippen LogP contribution in [0.5, 0.6) is 5.75 Å². The molecule has 14 heteroatoms. The Morgan fingerprint density at radius 2 is 2.03 bits per heavy atom. The molecule has 3 N–H and O–H groups in total. The number of ether oxygens (including phenoxy) is 2. The number of carbonyl (C=O) groups excluding carboxylic acids is 1. The molecule has 1 unspecified atom stereocenters. The summed E-state index contributed by atoms with van der Waals surface area (Å²) in [4.78, 5) is 26.1. The number of aromatic amines is 1. The molecule has 11 nitrogen and oxygen atoms in total. The lowest BCUT2D eigenvalue weighted by Crippen LogP contribution is -2.44. The second-order valence-electron chi connectivity index (χ2n) is 8.50. The van der Waals surface area contributed by atoms with E-state index in [9.17, 15) is 24.4 Å². The van der Waals surface area contributed by atoms with Gasteiger partial charge in [0.05, 0.1) is 25.3 Å². The predicted octanol–water partition coefficient (Wildman–Crippen LogP) is 3.06. The highest BCUT2D eigenvalue weighted by molar-refractivity contribution is 7.71. The van der Waals surface area contributed by atoms with Gasteiger partial charge in [-0.05, 0) is 50.3 Å². The molecule has 36 heavy (non-hydrogen) atoms. The molecule has 6 atom stereocenters. The minimum atomic E-state index is -4.01. The summed E-state index contributed by atoms with van der Waals surface area (Å²) in [5.74, 6) is -1.21. The summed E-state index contributed by atoms with van der Waals surface area (Å²) in [6.45, 7) is 4.21. The van der Waals surface area contributed by atoms with Crippen molar-refractivity contribution in [2.75, 3.05) is 19.4 Å². The summed E-state index contributed by atoms with van der Waals surface area (Å²) >= 11 is 11.0. The van der Waals surface area contributed by atoms with Gasteiger partial charge in [-0.15, -0.1) is 0 Å². The molecule has 0 spiro atoms. The molecule has 1 aliphatic heterocycles. The van der Waals surface area contributed by atoms with E-state index >= 15 is 0 Å². The highest BCUT2D eigenvalue weighted by atomic mass is 35.5. The van der Waals surface area contributed by atoms with E-state index in [0.717, 1.165) is 0 Å². The van der Waals surface area contributed by atoms with Gasteiger partial charge >= 0.3 is 13.6 Å². The molecular formula is C22H28ClN2O9PS. The van der Waals surface area contributed by atoms with Crippen LogP contribution in [-0.2, 0) is 23.4 Å². The van der Waals surface area contributed by atoms with E-state index in [2.05, 4.69) is 4.98 Å². The molecule has 3 rings (SSSR count). The fourth-order valence-electron chi connectivity index (χ4n) is 3.64. The second kappa shape index (κ2) is 11.6. The summed E-state index contributed by atoms with van der Waals surface area (Å²) in [6, 6.07) is 7.25. The number of hydrogen-bond acceptors (Lipinski definition) is 10. The Morgan fingerprint density at radius 3 is 2.64 bits per heavy atom. The standard InChI is InChI=1S/C22H28ClN2O9PS/c1-4-31-19(28)13(2)12-35(30,34-15-7-5-14(23)6-8-15)32-11-16-18(27)22(3,29)20(33-16)25-10-9-17(26)24-21(25)36/h5-10,13,16,18,20,27,29H,4,11-12H2,1-3H3,(H,24,26,36)/t13-,16-,18+,20-,22?,35+/m1/s1. The largest absolute Gasteiger partial charge is 0.466 e. The van der Waals surface area contributed by atoms with Crippen LogP contribution in [0.25, 0.3) is 0 Å². The van der Waals surface area contributed by atoms with Crippen LogP contribution in [0.2, 0.25) is 5.02 Å². The molecule has 0 amide bonds. The molecule has 198 valence electrons. The van der Waals surface area contributed by atoms with Crippen LogP contribution >= 0.6 is 31.4 Å². The third-order valence-electron chi connectivity index (χ3n) is 5.54. The van der Waals surface area contributed by atoms with Gasteiger partial charge in [-0.25, -0.2) is 4.57 Å². The van der Waals surface area contributed by atoms with Gasteiger partial charge in [0, 0.05) is 17.3 Å². The molecule has 1 aliphatic rings. The number of hydrogen-bond donors (Lipinski definition) is 3. The number of nitrogens with one attached hydrogen (secondary N) is 1. The van der Waals surface area contributed by atoms with Crippen molar-refractivity contribution < 1.29 is 38.1 Å². The molecule has 1 fully saturated rings. The van der Waals surface area contributed by atoms with E-state index in [1.165, 1.54) is 54.9 Å². The monoisotopic (exact) mass is 562 g/mol. The maximum Gasteiger partial charge on any atom is 0.380 e. The summed E-state index contributed by atoms with van der Waals surface area (Å²) in [7, 11) is -4.01. The Balaban J connectivity index is 1.81. The van der Waals surface area contributed by atoms with E-state index < -0.39 is 55.7 Å². The molecule has 1 aromatic carbocycles. The fraction of sp³-hybridized carbons (Fsp3) is 0.500. The number of nitrogens with zero attached hydrogens (tertiary/aromatic N) is 1. The highest BCUT2D eigenvalue weighted by Gasteiger charge is 2.53. The molecule has 1 saturated heterocycles. The minimum absolute atomic E-state index is 0.0263. The average Bonchev–Trinajstić information content (AvgIpc) is 3.03. The van der Waals surface area contributed by atoms with E-state index in [1.807, 2.05) is 0 Å². The lowest BCUT2D eigenvalue weighted by molar-refractivity contribution is -0.146. The van der Waals surface area contributed by atoms with Crippen molar-refractivity contribution in [3.63, 3.8) is 0 Å². The SMILES string of the molecule is CCOC(=O)[C@H](C)C[P@](=O)(OC[C@H]1O[C@@H](n2ccc(=O)[nH]c2=S)C(C)(O)[C@H]1O)Oc1ccc(Cl)cc1. The van der Waals surface area contributed by atoms with Crippen LogP contribution in [0.15, 0.2) is 41.3 Å². The molecule has 0 saturated carbocycles. The zero-order valence-electron chi connectivity index (χ0n) is 19.8. The number of carbonyl (C=O) groups is 1. The van der Waals surface area contributed by atoms with Crippen molar-refractivity contribution in [2.24, 2.45) is 5.92 Å². The van der Waals surface area contributed by atoms with Crippen molar-refractivity contribution in [2.45, 2.75) is 44.8 Å². The van der Waals surface area contributed by atoms with Gasteiger partial charge in [-0.3, -0.25) is 23.7 Å². The molecule has 0 aliphatic carbocycles. The van der Waals surface area contributed by atoms with Crippen molar-refractivity contribution in [1.29, 1.82) is 0 Å². The Labute approximate surface area is 217 Å². The Bertz CT molecular complexity index is 1230. The van der Waals surface area contributed by atoms with Gasteiger partial charge in [0.25, 0.3) is 5.56 Å². The van der Waals surface area contributed by atoms with Crippen LogP contribution in [0.4, 0.5) is 0 Å². The van der Waals surface area contributed by atoms with Crippen molar-refractivity contribution >= 4 is 37.4 Å². The normalized spacial score (nSPS) is 26.2. The van der Waals surface area contributed by atoms with E-state index in [-0.39, 0.29) is 23.3 Å². The van der Waals surface area contributed by atoms with Crippen molar-refractivity contribution in [1.82, 2.24) is 9.55 Å². The van der Waals surface area contributed by atoms with Crippen molar-refractivity contribution in [3.05, 3.63) is 56.7 Å². The van der Waals surface area contributed by atoms with Crippen LogP contribution in [0.3, 0.4) is 0 Å². The van der Waals surface area contributed by atoms with Crippen LogP contribution < -0.4 is 10.1 Å². The van der Waals surface area contributed by atoms with Gasteiger partial charge in [0.2, 0.25) is 0 Å². The minimum Gasteiger partial charge on any atom is -0.466 e. The Hall–Kier alpha value is -2.05. The first kappa shape index (κ1) is 28.5. The predicted molar refractivity (Wildman–Crippen MR) is 133 cm³/mol. The topological polar surface area (TPSA) is 149 Å². The quantitative estimate of drug-likeness (QED) is 0.224. The van der Waals surface area contributed by atoms with E-state index in [1.54, 1.807) is 6.92 Å². The van der Waals surface area contributed by atoms with E-state index in [0.29, 0.717) is 5.02 Å². The molecular weight excluding hydrogens is 535 g/mol. The van der Waals surface area contributed by atoms with Crippen LogP contribution in [0.1, 0.15) is 27.0 Å². The van der Waals surface area contributed by atoms with Crippen LogP contribution in [0, 0.1) is 10.7 Å². The third-order valence-corrected chi connectivity index (χ3v) is 8.13. The molecule has 1 aromatic heterocycles. The Morgan fingerprint density at radius 1 is 1.36 bits per heavy atom. The molecule has 2 heterocycles. The summed E-state index contributed by atoms with van der Waals surface area (Å²) in [5.41, 5.74) is -2.28. The number of H-pyrrole nitrogens is 1. The number of aliphatic hydroxyl groups excluding tert-OH is 1. The van der Waals surface area contributed by atoms with Crippen LogP contribution in [-0.4, -0.2) is 62.9 Å². The smallest absolute Gasteiger partial charge is 0.380 e. The molecule has 0 bridgehead atoms. The lowest BCUT2D eigenvalue weighted by atomic mass is 9.96. The number of rotatable bonds is 10. The van der Waals surface area contributed by atoms with Gasteiger partial charge in [0.1, 0.15) is 23.6 Å². The first-order valence-corrected chi connectivity index (χ1v) is 13.6. The van der Waals surface area contributed by atoms with Crippen molar-refractivity contribution in [3.8, 4) is 5.75 Å².